The lowest BCUT2D eigenvalue weighted by atomic mass is 9.79. The monoisotopic (exact) mass is 496 g/mol. The number of allylic oxidation sites excluding steroid dienone is 4. The van der Waals surface area contributed by atoms with Gasteiger partial charge in [0.1, 0.15) is 0 Å². The maximum Gasteiger partial charge on any atom is 0.457 e. The van der Waals surface area contributed by atoms with E-state index in [4.69, 9.17) is 58.0 Å². The summed E-state index contributed by atoms with van der Waals surface area (Å²) in [7, 11) is 0. The van der Waals surface area contributed by atoms with Crippen molar-refractivity contribution in [3.8, 4) is 0 Å². The molecule has 0 saturated carbocycles. The van der Waals surface area contributed by atoms with Crippen molar-refractivity contribution in [2.24, 2.45) is 0 Å². The summed E-state index contributed by atoms with van der Waals surface area (Å²) in [5.41, 5.74) is -9.50. The molecule has 0 aromatic rings. The maximum atomic E-state index is 14.7. The second-order valence-electron chi connectivity index (χ2n) is 5.20. The van der Waals surface area contributed by atoms with Gasteiger partial charge in [0.25, 0.3) is 0 Å². The van der Waals surface area contributed by atoms with E-state index < -0.39 is 62.1 Å². The average molecular weight is 498 g/mol. The van der Waals surface area contributed by atoms with Crippen LogP contribution >= 0.6 is 58.0 Å². The number of halogens is 14. The van der Waals surface area contributed by atoms with Crippen LogP contribution < -0.4 is 0 Å². The summed E-state index contributed by atoms with van der Waals surface area (Å²) in [4.78, 5) is 0. The molecule has 0 aromatic carbocycles. The second-order valence-corrected chi connectivity index (χ2v) is 8.74. The lowest BCUT2D eigenvalue weighted by Crippen LogP contribution is -2.63. The van der Waals surface area contributed by atoms with E-state index in [2.05, 4.69) is 0 Å². The second kappa shape index (κ2) is 7.28. The smallest absolute Gasteiger partial charge is 0.221 e. The molecular formula is C12H6Cl5F9. The van der Waals surface area contributed by atoms with Crippen molar-refractivity contribution < 1.29 is 39.5 Å². The third-order valence-electron chi connectivity index (χ3n) is 3.30. The molecule has 1 aliphatic carbocycles. The summed E-state index contributed by atoms with van der Waals surface area (Å²) in [6.07, 6.45) is -15.2. The topological polar surface area (TPSA) is 0 Å². The van der Waals surface area contributed by atoms with Crippen LogP contribution in [0.1, 0.15) is 12.8 Å². The minimum absolute atomic E-state index is 0.0618. The molecule has 0 heterocycles. The van der Waals surface area contributed by atoms with Crippen molar-refractivity contribution in [2.45, 2.75) is 46.0 Å². The molecule has 14 heteroatoms. The highest BCUT2D eigenvalue weighted by atomic mass is 35.6. The predicted molar refractivity (Wildman–Crippen MR) is 81.0 cm³/mol. The van der Waals surface area contributed by atoms with Crippen molar-refractivity contribution in [3.05, 3.63) is 22.3 Å². The normalized spacial score (nSPS) is 23.0. The lowest BCUT2D eigenvalue weighted by Gasteiger charge is -2.40. The van der Waals surface area contributed by atoms with E-state index in [1.807, 2.05) is 0 Å². The first-order valence-electron chi connectivity index (χ1n) is 6.27. The largest absolute Gasteiger partial charge is 0.457 e. The Morgan fingerprint density at radius 2 is 1.35 bits per heavy atom. The van der Waals surface area contributed by atoms with E-state index >= 15 is 0 Å². The van der Waals surface area contributed by atoms with Gasteiger partial charge in [0.05, 0.1) is 5.38 Å². The van der Waals surface area contributed by atoms with Crippen LogP contribution in [0.15, 0.2) is 22.3 Å². The van der Waals surface area contributed by atoms with Crippen LogP contribution in [0.25, 0.3) is 0 Å². The Bertz CT molecular complexity index is 614. The van der Waals surface area contributed by atoms with Crippen LogP contribution in [0.5, 0.6) is 0 Å². The molecule has 2 unspecified atom stereocenters. The van der Waals surface area contributed by atoms with Gasteiger partial charge in [-0.2, -0.15) is 35.1 Å². The Kier molecular flexibility index (Phi) is 6.81. The molecule has 1 aliphatic rings. The van der Waals surface area contributed by atoms with Gasteiger partial charge in [-0.1, -0.05) is 52.5 Å². The van der Waals surface area contributed by atoms with Crippen molar-refractivity contribution in [1.82, 2.24) is 0 Å². The molecule has 26 heavy (non-hydrogen) atoms. The highest BCUT2D eigenvalue weighted by Gasteiger charge is 2.82. The Balaban J connectivity index is 3.79. The molecule has 0 aromatic heterocycles. The van der Waals surface area contributed by atoms with E-state index in [9.17, 15) is 39.5 Å². The minimum Gasteiger partial charge on any atom is -0.221 e. The summed E-state index contributed by atoms with van der Waals surface area (Å²) in [6, 6.07) is 0. The molecule has 2 atom stereocenters. The zero-order valence-electron chi connectivity index (χ0n) is 11.9. The Morgan fingerprint density at radius 1 is 0.885 bits per heavy atom. The first-order chi connectivity index (χ1) is 11.3. The van der Waals surface area contributed by atoms with Crippen LogP contribution in [0.3, 0.4) is 0 Å². The Labute approximate surface area is 165 Å². The molecule has 1 rings (SSSR count). The third kappa shape index (κ3) is 4.47. The standard InChI is InChI=1S/C12H6Cl5F9/c13-4-1-6(5(7(14)2-4)3-8(15,16)17)9(18,11(21,22)23)10(19,20)12(24,25)26/h1,4H,2-3H2. The van der Waals surface area contributed by atoms with Crippen molar-refractivity contribution >= 4 is 58.0 Å². The van der Waals surface area contributed by atoms with Gasteiger partial charge in [0.2, 0.25) is 0 Å². The summed E-state index contributed by atoms with van der Waals surface area (Å²) in [5.74, 6) is -6.88. The highest BCUT2D eigenvalue weighted by molar-refractivity contribution is 6.67. The minimum atomic E-state index is -6.89. The van der Waals surface area contributed by atoms with Crippen LogP contribution in [-0.2, 0) is 0 Å². The Hall–Kier alpha value is 0.300. The molecule has 0 fully saturated rings. The first-order valence-corrected chi connectivity index (χ1v) is 8.21. The van der Waals surface area contributed by atoms with Crippen LogP contribution in [0.4, 0.5) is 39.5 Å². The fourth-order valence-electron chi connectivity index (χ4n) is 2.19. The van der Waals surface area contributed by atoms with E-state index in [-0.39, 0.29) is 6.08 Å². The SMILES string of the molecule is FC(F)(F)C(F)(F)C(F)(C1=CC(Cl)CC(Cl)=C1CC(Cl)(Cl)Cl)C(F)(F)F. The van der Waals surface area contributed by atoms with Gasteiger partial charge < -0.3 is 0 Å². The number of hydrogen-bond acceptors (Lipinski definition) is 0. The zero-order chi connectivity index (χ0) is 20.9. The van der Waals surface area contributed by atoms with Gasteiger partial charge >= 0.3 is 23.9 Å². The van der Waals surface area contributed by atoms with E-state index in [1.54, 1.807) is 0 Å². The molecule has 0 amide bonds. The summed E-state index contributed by atoms with van der Waals surface area (Å²) in [6.45, 7) is 0. The van der Waals surface area contributed by atoms with Gasteiger partial charge in [-0.25, -0.2) is 4.39 Å². The maximum absolute atomic E-state index is 14.7. The van der Waals surface area contributed by atoms with Crippen molar-refractivity contribution in [3.63, 3.8) is 0 Å². The third-order valence-corrected chi connectivity index (χ3v) is 4.37. The predicted octanol–water partition coefficient (Wildman–Crippen LogP) is 7.65. The molecule has 0 radical (unpaired) electrons. The van der Waals surface area contributed by atoms with Crippen LogP contribution in [0.2, 0.25) is 0 Å². The van der Waals surface area contributed by atoms with Gasteiger partial charge in [-0.05, 0) is 5.57 Å². The summed E-state index contributed by atoms with van der Waals surface area (Å²) >= 11 is 27.2. The lowest BCUT2D eigenvalue weighted by molar-refractivity contribution is -0.372. The molecule has 0 bridgehead atoms. The fourth-order valence-corrected chi connectivity index (χ4v) is 3.29. The summed E-state index contributed by atoms with van der Waals surface area (Å²) in [5, 5.41) is -2.34. The van der Waals surface area contributed by atoms with Crippen molar-refractivity contribution in [1.29, 1.82) is 0 Å². The quantitative estimate of drug-likeness (QED) is 0.277. The number of rotatable bonds is 3. The number of hydrogen-bond donors (Lipinski definition) is 0. The van der Waals surface area contributed by atoms with Crippen molar-refractivity contribution in [2.75, 3.05) is 0 Å². The Morgan fingerprint density at radius 3 is 1.69 bits per heavy atom. The molecule has 0 nitrogen and oxygen atoms in total. The molecule has 0 aliphatic heterocycles. The first kappa shape index (κ1) is 24.3. The summed E-state index contributed by atoms with van der Waals surface area (Å²) < 4.78 is 117. The van der Waals surface area contributed by atoms with Gasteiger partial charge in [0, 0.05) is 23.4 Å². The van der Waals surface area contributed by atoms with E-state index in [1.165, 1.54) is 0 Å². The van der Waals surface area contributed by atoms with Gasteiger partial charge in [-0.3, -0.25) is 0 Å². The van der Waals surface area contributed by atoms with Gasteiger partial charge in [-0.15, -0.1) is 11.6 Å². The fraction of sp³-hybridized carbons (Fsp3) is 0.667. The van der Waals surface area contributed by atoms with Crippen LogP contribution in [-0.4, -0.2) is 33.1 Å². The molecule has 0 saturated heterocycles. The van der Waals surface area contributed by atoms with E-state index in [0.717, 1.165) is 0 Å². The molecule has 152 valence electrons. The molecule has 0 spiro atoms. The van der Waals surface area contributed by atoms with Gasteiger partial charge in [0.15, 0.2) is 3.79 Å². The molecule has 0 N–H and O–H groups in total. The number of alkyl halides is 13. The van der Waals surface area contributed by atoms with Crippen LogP contribution in [0, 0.1) is 0 Å². The molecular weight excluding hydrogens is 492 g/mol. The van der Waals surface area contributed by atoms with E-state index in [0.29, 0.717) is 0 Å². The average Bonchev–Trinajstić information content (AvgIpc) is 2.36. The highest BCUT2D eigenvalue weighted by Crippen LogP contribution is 2.59. The zero-order valence-corrected chi connectivity index (χ0v) is 15.6.